The summed E-state index contributed by atoms with van der Waals surface area (Å²) >= 11 is 0. The molecule has 5 nitrogen and oxygen atoms in total. The van der Waals surface area contributed by atoms with Crippen molar-refractivity contribution in [3.05, 3.63) is 24.2 Å². The monoisotopic (exact) mass is 180 g/mol. The van der Waals surface area contributed by atoms with Crippen LogP contribution >= 0.6 is 0 Å². The van der Waals surface area contributed by atoms with Crippen LogP contribution in [0.4, 0.5) is 4.79 Å². The van der Waals surface area contributed by atoms with Crippen LogP contribution < -0.4 is 0 Å². The zero-order valence-corrected chi connectivity index (χ0v) is 6.75. The maximum Gasteiger partial charge on any atom is 0.415 e. The normalized spacial score (nSPS) is 24.8. The summed E-state index contributed by atoms with van der Waals surface area (Å²) in [6.45, 7) is 0. The lowest BCUT2D eigenvalue weighted by molar-refractivity contribution is 0.158. The first kappa shape index (κ1) is 7.85. The van der Waals surface area contributed by atoms with Crippen LogP contribution in [0.1, 0.15) is 6.42 Å². The molecule has 2 aliphatic rings. The van der Waals surface area contributed by atoms with Crippen molar-refractivity contribution in [2.45, 2.75) is 6.42 Å². The molecule has 5 heteroatoms. The number of fused-ring (bicyclic) bond motifs is 1. The summed E-state index contributed by atoms with van der Waals surface area (Å²) in [5.74, 6) is 0.709. The van der Waals surface area contributed by atoms with Crippen LogP contribution in [0, 0.1) is 5.92 Å². The fourth-order valence-corrected chi connectivity index (χ4v) is 1.23. The highest BCUT2D eigenvalue weighted by Crippen LogP contribution is 2.25. The standard InChI is InChI=1S/C8H8N2O3/c11-8(12)10-4-2-6-1-3-9-13-7(6)5-10/h2-6H,1H2,(H,11,12). The number of allylic oxidation sites excluding steroid dienone is 1. The summed E-state index contributed by atoms with van der Waals surface area (Å²) in [7, 11) is 0. The van der Waals surface area contributed by atoms with E-state index in [1.165, 1.54) is 12.4 Å². The predicted molar refractivity (Wildman–Crippen MR) is 44.8 cm³/mol. The maximum atomic E-state index is 10.6. The Balaban J connectivity index is 2.22. The van der Waals surface area contributed by atoms with Crippen LogP contribution in [0.2, 0.25) is 0 Å². The van der Waals surface area contributed by atoms with E-state index in [0.29, 0.717) is 5.76 Å². The molecule has 0 bridgehead atoms. The average molecular weight is 180 g/mol. The highest BCUT2D eigenvalue weighted by Gasteiger charge is 2.22. The zero-order chi connectivity index (χ0) is 9.26. The number of rotatable bonds is 0. The molecule has 0 aromatic carbocycles. The van der Waals surface area contributed by atoms with Gasteiger partial charge in [-0.2, -0.15) is 0 Å². The van der Waals surface area contributed by atoms with Crippen LogP contribution in [-0.2, 0) is 4.84 Å². The molecule has 0 aromatic rings. The molecule has 0 saturated heterocycles. The summed E-state index contributed by atoms with van der Waals surface area (Å²) < 4.78 is 0. The predicted octanol–water partition coefficient (Wildman–Crippen LogP) is 1.36. The quantitative estimate of drug-likeness (QED) is 0.612. The molecule has 0 saturated carbocycles. The Labute approximate surface area is 74.6 Å². The van der Waals surface area contributed by atoms with E-state index in [0.717, 1.165) is 11.3 Å². The molecule has 13 heavy (non-hydrogen) atoms. The highest BCUT2D eigenvalue weighted by molar-refractivity contribution is 5.68. The molecule has 2 rings (SSSR count). The molecule has 68 valence electrons. The minimum absolute atomic E-state index is 0.132. The van der Waals surface area contributed by atoms with E-state index in [4.69, 9.17) is 9.94 Å². The van der Waals surface area contributed by atoms with E-state index in [2.05, 4.69) is 5.16 Å². The summed E-state index contributed by atoms with van der Waals surface area (Å²) in [6.07, 6.45) is 6.13. The van der Waals surface area contributed by atoms with Gasteiger partial charge in [-0.3, -0.25) is 4.90 Å². The first-order valence-electron chi connectivity index (χ1n) is 3.87. The number of hydrogen-bond donors (Lipinski definition) is 1. The number of oxime groups is 1. The van der Waals surface area contributed by atoms with Crippen molar-refractivity contribution >= 4 is 12.3 Å². The van der Waals surface area contributed by atoms with Gasteiger partial charge in [0.25, 0.3) is 0 Å². The Hall–Kier alpha value is -1.78. The Bertz CT molecular complexity index is 319. The molecule has 1 N–H and O–H groups in total. The van der Waals surface area contributed by atoms with Gasteiger partial charge in [-0.25, -0.2) is 4.79 Å². The van der Waals surface area contributed by atoms with Crippen LogP contribution in [0.15, 0.2) is 29.4 Å². The number of carbonyl (C=O) groups is 1. The van der Waals surface area contributed by atoms with Crippen LogP contribution in [0.3, 0.4) is 0 Å². The lowest BCUT2D eigenvalue weighted by Crippen LogP contribution is -2.24. The molecule has 0 aromatic heterocycles. The van der Waals surface area contributed by atoms with Crippen molar-refractivity contribution < 1.29 is 14.7 Å². The van der Waals surface area contributed by atoms with E-state index in [1.807, 2.05) is 0 Å². The van der Waals surface area contributed by atoms with Crippen LogP contribution in [0.5, 0.6) is 0 Å². The second-order valence-corrected chi connectivity index (χ2v) is 2.78. The number of carboxylic acid groups (broad SMARTS) is 1. The third-order valence-electron chi connectivity index (χ3n) is 1.92. The lowest BCUT2D eigenvalue weighted by Gasteiger charge is -2.23. The first-order valence-corrected chi connectivity index (χ1v) is 3.87. The van der Waals surface area contributed by atoms with E-state index in [9.17, 15) is 4.79 Å². The van der Waals surface area contributed by atoms with Crippen LogP contribution in [-0.4, -0.2) is 22.3 Å². The molecule has 0 spiro atoms. The molecule has 0 aliphatic carbocycles. The van der Waals surface area contributed by atoms with E-state index in [-0.39, 0.29) is 5.92 Å². The average Bonchev–Trinajstić information content (AvgIpc) is 2.17. The van der Waals surface area contributed by atoms with Crippen LogP contribution in [0.25, 0.3) is 0 Å². The van der Waals surface area contributed by atoms with E-state index >= 15 is 0 Å². The first-order chi connectivity index (χ1) is 6.27. The number of nitrogens with zero attached hydrogens (tertiary/aromatic N) is 2. The van der Waals surface area contributed by atoms with Crippen molar-refractivity contribution in [3.63, 3.8) is 0 Å². The molecule has 1 amide bonds. The van der Waals surface area contributed by atoms with Crippen molar-refractivity contribution in [2.24, 2.45) is 11.1 Å². The summed E-state index contributed by atoms with van der Waals surface area (Å²) in [5.41, 5.74) is 0. The van der Waals surface area contributed by atoms with Gasteiger partial charge in [0, 0.05) is 18.3 Å². The largest absolute Gasteiger partial charge is 0.464 e. The van der Waals surface area contributed by atoms with Gasteiger partial charge < -0.3 is 9.94 Å². The van der Waals surface area contributed by atoms with E-state index < -0.39 is 6.09 Å². The number of hydrogen-bond acceptors (Lipinski definition) is 3. The smallest absolute Gasteiger partial charge is 0.415 e. The number of amides is 1. The Morgan fingerprint density at radius 1 is 1.77 bits per heavy atom. The zero-order valence-electron chi connectivity index (χ0n) is 6.75. The lowest BCUT2D eigenvalue weighted by atomic mass is 10.0. The van der Waals surface area contributed by atoms with Gasteiger partial charge in [0.2, 0.25) is 0 Å². The van der Waals surface area contributed by atoms with Gasteiger partial charge >= 0.3 is 6.09 Å². The second-order valence-electron chi connectivity index (χ2n) is 2.78. The molecular formula is C8H8N2O3. The molecule has 2 heterocycles. The van der Waals surface area contributed by atoms with Gasteiger partial charge in [0.15, 0.2) is 5.76 Å². The topological polar surface area (TPSA) is 62.1 Å². The molecule has 0 radical (unpaired) electrons. The van der Waals surface area contributed by atoms with Crippen molar-refractivity contribution in [1.29, 1.82) is 0 Å². The van der Waals surface area contributed by atoms with E-state index in [1.54, 1.807) is 12.3 Å². The molecular weight excluding hydrogens is 172 g/mol. The summed E-state index contributed by atoms with van der Waals surface area (Å²) in [5, 5.41) is 12.3. The maximum absolute atomic E-state index is 10.6. The Morgan fingerprint density at radius 2 is 2.62 bits per heavy atom. The highest BCUT2D eigenvalue weighted by atomic mass is 16.6. The van der Waals surface area contributed by atoms with Gasteiger partial charge in [0.1, 0.15) is 0 Å². The fourth-order valence-electron chi connectivity index (χ4n) is 1.23. The van der Waals surface area contributed by atoms with Gasteiger partial charge in [-0.05, 0) is 6.42 Å². The molecule has 1 atom stereocenters. The Kier molecular flexibility index (Phi) is 1.77. The van der Waals surface area contributed by atoms with Crippen molar-refractivity contribution in [1.82, 2.24) is 4.90 Å². The van der Waals surface area contributed by atoms with Gasteiger partial charge in [-0.15, -0.1) is 0 Å². The minimum atomic E-state index is -1.03. The van der Waals surface area contributed by atoms with Crippen molar-refractivity contribution in [2.75, 3.05) is 0 Å². The van der Waals surface area contributed by atoms with Crippen molar-refractivity contribution in [3.8, 4) is 0 Å². The summed E-state index contributed by atoms with van der Waals surface area (Å²) in [4.78, 5) is 16.5. The Morgan fingerprint density at radius 3 is 3.38 bits per heavy atom. The molecule has 0 fully saturated rings. The second kappa shape index (κ2) is 2.93. The fraction of sp³-hybridized carbons (Fsp3) is 0.250. The SMILES string of the molecule is O=C(O)N1C=CC2CC=NOC2=C1. The van der Waals surface area contributed by atoms with Gasteiger partial charge in [0.05, 0.1) is 6.20 Å². The van der Waals surface area contributed by atoms with Gasteiger partial charge in [-0.1, -0.05) is 11.2 Å². The molecule has 1 unspecified atom stereocenters. The third-order valence-corrected chi connectivity index (χ3v) is 1.92. The molecule has 2 aliphatic heterocycles. The third kappa shape index (κ3) is 1.40. The summed E-state index contributed by atoms with van der Waals surface area (Å²) in [6, 6.07) is 0. The minimum Gasteiger partial charge on any atom is -0.464 e.